The molecule has 1 unspecified atom stereocenters. The van der Waals surface area contributed by atoms with E-state index in [0.717, 1.165) is 64.2 Å². The molecule has 1 aromatic rings. The second kappa shape index (κ2) is 8.88. The van der Waals surface area contributed by atoms with Gasteiger partial charge in [0.2, 0.25) is 5.91 Å². The number of thiophene rings is 1. The van der Waals surface area contributed by atoms with Gasteiger partial charge in [0.1, 0.15) is 4.34 Å². The Morgan fingerprint density at radius 2 is 2.04 bits per heavy atom. The average molecular weight is 399 g/mol. The highest BCUT2D eigenvalue weighted by molar-refractivity contribution is 7.15. The first-order valence-corrected chi connectivity index (χ1v) is 9.42. The fourth-order valence-electron chi connectivity index (χ4n) is 3.24. The normalized spacial score (nSPS) is 22.7. The minimum Gasteiger partial charge on any atom is -0.340 e. The third-order valence-corrected chi connectivity index (χ3v) is 6.35. The van der Waals surface area contributed by atoms with E-state index < -0.39 is 0 Å². The van der Waals surface area contributed by atoms with Gasteiger partial charge in [0.15, 0.2) is 0 Å². The maximum absolute atomic E-state index is 12.6. The van der Waals surface area contributed by atoms with Gasteiger partial charge in [-0.05, 0) is 30.3 Å². The van der Waals surface area contributed by atoms with Gasteiger partial charge in [-0.1, -0.05) is 23.2 Å². The number of likely N-dealkylation sites (tertiary alicyclic amines) is 1. The van der Waals surface area contributed by atoms with Crippen molar-refractivity contribution in [1.29, 1.82) is 0 Å². The smallest absolute Gasteiger partial charge is 0.227 e. The van der Waals surface area contributed by atoms with Gasteiger partial charge in [0.25, 0.3) is 0 Å². The molecule has 3 rings (SSSR count). The molecule has 2 saturated heterocycles. The van der Waals surface area contributed by atoms with E-state index in [1.165, 1.54) is 11.3 Å². The lowest BCUT2D eigenvalue weighted by Crippen LogP contribution is -2.51. The first-order valence-electron chi connectivity index (χ1n) is 7.78. The highest BCUT2D eigenvalue weighted by Crippen LogP contribution is 2.33. The Bertz CT molecular complexity index is 534. The highest BCUT2D eigenvalue weighted by Gasteiger charge is 2.30. The Morgan fingerprint density at radius 1 is 1.30 bits per heavy atom. The van der Waals surface area contributed by atoms with Gasteiger partial charge in [0, 0.05) is 39.3 Å². The molecule has 2 aliphatic heterocycles. The van der Waals surface area contributed by atoms with Crippen molar-refractivity contribution < 1.29 is 4.79 Å². The summed E-state index contributed by atoms with van der Waals surface area (Å²) < 4.78 is 0.655. The summed E-state index contributed by atoms with van der Waals surface area (Å²) >= 11 is 13.7. The summed E-state index contributed by atoms with van der Waals surface area (Å²) in [5, 5.41) is 5.98. The van der Waals surface area contributed by atoms with Crippen molar-refractivity contribution in [3.63, 3.8) is 0 Å². The summed E-state index contributed by atoms with van der Waals surface area (Å²) in [6.45, 7) is 6.12. The van der Waals surface area contributed by atoms with Crippen LogP contribution in [0.15, 0.2) is 5.38 Å². The van der Waals surface area contributed by atoms with Crippen molar-refractivity contribution in [3.05, 3.63) is 20.3 Å². The molecule has 4 nitrogen and oxygen atoms in total. The number of piperidine rings is 1. The molecule has 1 amide bonds. The molecule has 130 valence electrons. The van der Waals surface area contributed by atoms with Crippen LogP contribution in [0.3, 0.4) is 0 Å². The second-order valence-electron chi connectivity index (χ2n) is 6.00. The Balaban J connectivity index is 0.00000192. The van der Waals surface area contributed by atoms with Crippen molar-refractivity contribution in [2.75, 3.05) is 39.3 Å². The minimum absolute atomic E-state index is 0. The van der Waals surface area contributed by atoms with Crippen LogP contribution in [0.5, 0.6) is 0 Å². The van der Waals surface area contributed by atoms with Crippen LogP contribution in [-0.2, 0) is 11.3 Å². The van der Waals surface area contributed by atoms with Crippen molar-refractivity contribution in [1.82, 2.24) is 15.1 Å². The lowest BCUT2D eigenvalue weighted by Gasteiger charge is -2.36. The van der Waals surface area contributed by atoms with Gasteiger partial charge in [-0.2, -0.15) is 0 Å². The average Bonchev–Trinajstić information content (AvgIpc) is 2.87. The van der Waals surface area contributed by atoms with E-state index in [0.29, 0.717) is 15.3 Å². The van der Waals surface area contributed by atoms with E-state index in [4.69, 9.17) is 23.2 Å². The molecular weight excluding hydrogens is 377 g/mol. The summed E-state index contributed by atoms with van der Waals surface area (Å²) in [5.74, 6) is 0.445. The van der Waals surface area contributed by atoms with Gasteiger partial charge < -0.3 is 10.2 Å². The lowest BCUT2D eigenvalue weighted by atomic mass is 9.96. The van der Waals surface area contributed by atoms with Crippen LogP contribution in [0.2, 0.25) is 9.36 Å². The SMILES string of the molecule is Cl.O=C(C1CCCN(Cc2csc(Cl)c2Cl)C1)N1CCNCC1. The van der Waals surface area contributed by atoms with E-state index >= 15 is 0 Å². The summed E-state index contributed by atoms with van der Waals surface area (Å²) in [6, 6.07) is 0. The van der Waals surface area contributed by atoms with Crippen molar-refractivity contribution >= 4 is 52.9 Å². The Morgan fingerprint density at radius 3 is 2.70 bits per heavy atom. The quantitative estimate of drug-likeness (QED) is 0.849. The molecule has 0 spiro atoms. The summed E-state index contributed by atoms with van der Waals surface area (Å²) in [7, 11) is 0. The van der Waals surface area contributed by atoms with Crippen LogP contribution < -0.4 is 5.32 Å². The number of halogens is 3. The maximum Gasteiger partial charge on any atom is 0.227 e. The van der Waals surface area contributed by atoms with Gasteiger partial charge in [-0.3, -0.25) is 9.69 Å². The number of hydrogen-bond acceptors (Lipinski definition) is 4. The fourth-order valence-corrected chi connectivity index (χ4v) is 4.48. The molecule has 3 heterocycles. The number of rotatable bonds is 3. The van der Waals surface area contributed by atoms with Crippen LogP contribution in [-0.4, -0.2) is 55.0 Å². The summed E-state index contributed by atoms with van der Waals surface area (Å²) in [4.78, 5) is 17.0. The molecule has 2 fully saturated rings. The molecule has 8 heteroatoms. The van der Waals surface area contributed by atoms with E-state index in [1.54, 1.807) is 0 Å². The molecule has 1 aromatic heterocycles. The third-order valence-electron chi connectivity index (χ3n) is 4.44. The largest absolute Gasteiger partial charge is 0.340 e. The molecular formula is C15H22Cl3N3OS. The van der Waals surface area contributed by atoms with Crippen LogP contribution >= 0.6 is 46.9 Å². The molecule has 0 radical (unpaired) electrons. The van der Waals surface area contributed by atoms with Gasteiger partial charge in [0.05, 0.1) is 10.9 Å². The van der Waals surface area contributed by atoms with Crippen LogP contribution in [0, 0.1) is 5.92 Å². The summed E-state index contributed by atoms with van der Waals surface area (Å²) in [5.41, 5.74) is 1.08. The molecule has 0 aliphatic carbocycles. The standard InChI is InChI=1S/C15H21Cl2N3OS.ClH/c16-13-12(10-22-14(13)17)9-19-5-1-2-11(8-19)15(21)20-6-3-18-4-7-20;/h10-11,18H,1-9H2;1H. The number of hydrogen-bond donors (Lipinski definition) is 1. The third kappa shape index (κ3) is 4.74. The molecule has 1 atom stereocenters. The van der Waals surface area contributed by atoms with Gasteiger partial charge >= 0.3 is 0 Å². The van der Waals surface area contributed by atoms with E-state index in [1.807, 2.05) is 10.3 Å². The molecule has 0 bridgehead atoms. The molecule has 23 heavy (non-hydrogen) atoms. The number of nitrogens with one attached hydrogen (secondary N) is 1. The number of nitrogens with zero attached hydrogens (tertiary/aromatic N) is 2. The monoisotopic (exact) mass is 397 g/mol. The number of piperazine rings is 1. The van der Waals surface area contributed by atoms with Crippen molar-refractivity contribution in [2.45, 2.75) is 19.4 Å². The van der Waals surface area contributed by atoms with E-state index in [2.05, 4.69) is 10.2 Å². The molecule has 2 aliphatic rings. The van der Waals surface area contributed by atoms with Crippen LogP contribution in [0.1, 0.15) is 18.4 Å². The number of amides is 1. The predicted octanol–water partition coefficient (Wildman–Crippen LogP) is 3.12. The Hall–Kier alpha value is -0.0400. The van der Waals surface area contributed by atoms with E-state index in [-0.39, 0.29) is 18.3 Å². The maximum atomic E-state index is 12.6. The zero-order chi connectivity index (χ0) is 15.5. The predicted molar refractivity (Wildman–Crippen MR) is 99.0 cm³/mol. The number of carbonyl (C=O) groups excluding carboxylic acids is 1. The molecule has 1 N–H and O–H groups in total. The first kappa shape index (κ1) is 19.3. The highest BCUT2D eigenvalue weighted by atomic mass is 35.5. The summed E-state index contributed by atoms with van der Waals surface area (Å²) in [6.07, 6.45) is 2.06. The van der Waals surface area contributed by atoms with E-state index in [9.17, 15) is 4.79 Å². The second-order valence-corrected chi connectivity index (χ2v) is 7.86. The number of carbonyl (C=O) groups is 1. The van der Waals surface area contributed by atoms with Gasteiger partial charge in [-0.15, -0.1) is 23.7 Å². The van der Waals surface area contributed by atoms with Crippen LogP contribution in [0.4, 0.5) is 0 Å². The minimum atomic E-state index is 0. The lowest BCUT2D eigenvalue weighted by molar-refractivity contribution is -0.138. The zero-order valence-corrected chi connectivity index (χ0v) is 16.0. The van der Waals surface area contributed by atoms with Crippen molar-refractivity contribution in [3.8, 4) is 0 Å². The van der Waals surface area contributed by atoms with Crippen LogP contribution in [0.25, 0.3) is 0 Å². The fraction of sp³-hybridized carbons (Fsp3) is 0.667. The molecule has 0 aromatic carbocycles. The Labute approximate surface area is 157 Å². The first-order chi connectivity index (χ1) is 10.6. The zero-order valence-electron chi connectivity index (χ0n) is 12.9. The topological polar surface area (TPSA) is 35.6 Å². The molecule has 0 saturated carbocycles. The van der Waals surface area contributed by atoms with Gasteiger partial charge in [-0.25, -0.2) is 0 Å². The van der Waals surface area contributed by atoms with Crippen molar-refractivity contribution in [2.24, 2.45) is 5.92 Å². The Kier molecular flexibility index (Phi) is 7.45.